The lowest BCUT2D eigenvalue weighted by Crippen LogP contribution is -2.35. The average Bonchev–Trinajstić information content (AvgIpc) is 2.38. The second kappa shape index (κ2) is 6.39. The van der Waals surface area contributed by atoms with Gasteiger partial charge in [-0.3, -0.25) is 10.1 Å². The summed E-state index contributed by atoms with van der Waals surface area (Å²) in [7, 11) is 0. The topological polar surface area (TPSA) is 68.1 Å². The zero-order valence-corrected chi connectivity index (χ0v) is 12.6. The third-order valence-electron chi connectivity index (χ3n) is 4.00. The minimum absolute atomic E-state index is 0.0237. The van der Waals surface area contributed by atoms with Crippen LogP contribution in [0.15, 0.2) is 12.1 Å². The van der Waals surface area contributed by atoms with Crippen molar-refractivity contribution < 1.29 is 4.92 Å². The Morgan fingerprint density at radius 3 is 2.75 bits per heavy atom. The number of hydrogen-bond acceptors (Lipinski definition) is 4. The molecule has 1 saturated carbocycles. The first-order chi connectivity index (χ1) is 9.47. The molecule has 0 radical (unpaired) electrons. The molecule has 1 aromatic rings. The van der Waals surface area contributed by atoms with Gasteiger partial charge in [0.1, 0.15) is 11.0 Å². The Hall–Kier alpha value is -1.36. The summed E-state index contributed by atoms with van der Waals surface area (Å²) in [5.41, 5.74) is -0.0237. The van der Waals surface area contributed by atoms with E-state index in [0.29, 0.717) is 23.7 Å². The van der Waals surface area contributed by atoms with Crippen molar-refractivity contribution >= 4 is 23.1 Å². The maximum atomic E-state index is 10.9. The fourth-order valence-corrected chi connectivity index (χ4v) is 3.19. The number of hydrogen-bond donors (Lipinski definition) is 1. The van der Waals surface area contributed by atoms with E-state index in [2.05, 4.69) is 24.1 Å². The number of nitrogens with zero attached hydrogens (tertiary/aromatic N) is 2. The fraction of sp³-hybridized carbons (Fsp3) is 0.643. The van der Waals surface area contributed by atoms with Gasteiger partial charge in [-0.15, -0.1) is 0 Å². The molecule has 1 N–H and O–H groups in total. The Kier molecular flexibility index (Phi) is 4.81. The van der Waals surface area contributed by atoms with E-state index in [0.717, 1.165) is 6.42 Å². The molecular formula is C14H20ClN3O2. The Morgan fingerprint density at radius 2 is 2.10 bits per heavy atom. The summed E-state index contributed by atoms with van der Waals surface area (Å²) in [6.45, 7) is 4.44. The second-order valence-electron chi connectivity index (χ2n) is 5.73. The first-order valence-electron chi connectivity index (χ1n) is 7.06. The molecule has 1 aliphatic carbocycles. The number of rotatable bonds is 4. The van der Waals surface area contributed by atoms with Gasteiger partial charge in [0.25, 0.3) is 5.69 Å². The van der Waals surface area contributed by atoms with E-state index in [1.165, 1.54) is 31.4 Å². The molecular weight excluding hydrogens is 278 g/mol. The second-order valence-corrected chi connectivity index (χ2v) is 6.12. The maximum absolute atomic E-state index is 10.9. The molecule has 6 heteroatoms. The molecule has 20 heavy (non-hydrogen) atoms. The van der Waals surface area contributed by atoms with Crippen LogP contribution in [0.3, 0.4) is 0 Å². The summed E-state index contributed by atoms with van der Waals surface area (Å²) in [5.74, 6) is 1.66. The molecule has 0 saturated heterocycles. The highest BCUT2D eigenvalue weighted by atomic mass is 35.5. The fourth-order valence-electron chi connectivity index (χ4n) is 2.99. The predicted molar refractivity (Wildman–Crippen MR) is 80.1 cm³/mol. The Bertz CT molecular complexity index is 493. The molecule has 0 aliphatic heterocycles. The molecule has 1 aromatic heterocycles. The van der Waals surface area contributed by atoms with Gasteiger partial charge in [-0.2, -0.15) is 0 Å². The minimum Gasteiger partial charge on any atom is -0.367 e. The monoisotopic (exact) mass is 297 g/mol. The van der Waals surface area contributed by atoms with Crippen LogP contribution < -0.4 is 5.32 Å². The summed E-state index contributed by atoms with van der Waals surface area (Å²) in [6, 6.07) is 3.04. The van der Waals surface area contributed by atoms with Gasteiger partial charge in [0.15, 0.2) is 0 Å². The lowest BCUT2D eigenvalue weighted by Gasteiger charge is -2.35. The third-order valence-corrected chi connectivity index (χ3v) is 4.19. The van der Waals surface area contributed by atoms with Crippen LogP contribution in [0.2, 0.25) is 5.15 Å². The number of nitro groups is 1. The standard InChI is InChI=1S/C14H20ClN3O2/c1-9(2)11-5-3-4-6-12(11)16-14-8-10(18(19)20)7-13(15)17-14/h7-9,11-12H,3-6H2,1-2H3,(H,16,17). The largest absolute Gasteiger partial charge is 0.367 e. The number of halogens is 1. The van der Waals surface area contributed by atoms with Crippen molar-refractivity contribution in [1.29, 1.82) is 0 Å². The smallest absolute Gasteiger partial charge is 0.276 e. The van der Waals surface area contributed by atoms with Crippen molar-refractivity contribution in [3.05, 3.63) is 27.4 Å². The van der Waals surface area contributed by atoms with Gasteiger partial charge < -0.3 is 5.32 Å². The number of anilines is 1. The van der Waals surface area contributed by atoms with E-state index in [1.54, 1.807) is 0 Å². The molecule has 1 heterocycles. The number of pyridine rings is 1. The highest BCUT2D eigenvalue weighted by molar-refractivity contribution is 6.29. The summed E-state index contributed by atoms with van der Waals surface area (Å²) in [6.07, 6.45) is 4.70. The van der Waals surface area contributed by atoms with Crippen molar-refractivity contribution in [3.8, 4) is 0 Å². The van der Waals surface area contributed by atoms with Gasteiger partial charge in [0.05, 0.1) is 17.1 Å². The van der Waals surface area contributed by atoms with Crippen molar-refractivity contribution in [1.82, 2.24) is 4.98 Å². The molecule has 110 valence electrons. The van der Waals surface area contributed by atoms with Crippen LogP contribution in [0.1, 0.15) is 39.5 Å². The Morgan fingerprint density at radius 1 is 1.40 bits per heavy atom. The third kappa shape index (κ3) is 3.60. The lowest BCUT2D eigenvalue weighted by atomic mass is 9.78. The SMILES string of the molecule is CC(C)C1CCCCC1Nc1cc([N+](=O)[O-])cc(Cl)n1. The molecule has 2 rings (SSSR count). The molecule has 1 aliphatic rings. The summed E-state index contributed by atoms with van der Waals surface area (Å²) in [4.78, 5) is 14.6. The van der Waals surface area contributed by atoms with Crippen LogP contribution >= 0.6 is 11.6 Å². The molecule has 5 nitrogen and oxygen atoms in total. The minimum atomic E-state index is -0.445. The van der Waals surface area contributed by atoms with Gasteiger partial charge in [0.2, 0.25) is 0 Å². The molecule has 0 aromatic carbocycles. The van der Waals surface area contributed by atoms with Gasteiger partial charge in [0, 0.05) is 6.04 Å². The van der Waals surface area contributed by atoms with Crippen molar-refractivity contribution in [2.24, 2.45) is 11.8 Å². The van der Waals surface area contributed by atoms with Crippen LogP contribution in [0.5, 0.6) is 0 Å². The first-order valence-corrected chi connectivity index (χ1v) is 7.43. The van der Waals surface area contributed by atoms with Crippen LogP contribution in [-0.2, 0) is 0 Å². The summed E-state index contributed by atoms with van der Waals surface area (Å²) in [5, 5.41) is 14.4. The molecule has 0 spiro atoms. The van der Waals surface area contributed by atoms with E-state index < -0.39 is 4.92 Å². The Balaban J connectivity index is 2.17. The van der Waals surface area contributed by atoms with E-state index in [1.807, 2.05) is 0 Å². The van der Waals surface area contributed by atoms with E-state index >= 15 is 0 Å². The van der Waals surface area contributed by atoms with Crippen LogP contribution in [0.4, 0.5) is 11.5 Å². The predicted octanol–water partition coefficient (Wildman–Crippen LogP) is 4.27. The highest BCUT2D eigenvalue weighted by Crippen LogP contribution is 2.32. The van der Waals surface area contributed by atoms with Gasteiger partial charge in [-0.25, -0.2) is 4.98 Å². The van der Waals surface area contributed by atoms with Crippen molar-refractivity contribution in [2.75, 3.05) is 5.32 Å². The molecule has 1 fully saturated rings. The average molecular weight is 298 g/mol. The quantitative estimate of drug-likeness (QED) is 0.512. The zero-order chi connectivity index (χ0) is 14.7. The number of aromatic nitrogens is 1. The van der Waals surface area contributed by atoms with Crippen LogP contribution in [0, 0.1) is 22.0 Å². The highest BCUT2D eigenvalue weighted by Gasteiger charge is 2.28. The van der Waals surface area contributed by atoms with E-state index in [9.17, 15) is 10.1 Å². The van der Waals surface area contributed by atoms with E-state index in [-0.39, 0.29) is 10.8 Å². The summed E-state index contributed by atoms with van der Waals surface area (Å²) >= 11 is 5.86. The van der Waals surface area contributed by atoms with Crippen molar-refractivity contribution in [2.45, 2.75) is 45.6 Å². The molecule has 2 unspecified atom stereocenters. The van der Waals surface area contributed by atoms with Crippen LogP contribution in [0.25, 0.3) is 0 Å². The Labute approximate surface area is 123 Å². The van der Waals surface area contributed by atoms with Gasteiger partial charge in [-0.05, 0) is 24.7 Å². The summed E-state index contributed by atoms with van der Waals surface area (Å²) < 4.78 is 0. The zero-order valence-electron chi connectivity index (χ0n) is 11.8. The number of nitrogens with one attached hydrogen (secondary N) is 1. The van der Waals surface area contributed by atoms with Gasteiger partial charge >= 0.3 is 0 Å². The first kappa shape index (κ1) is 15.0. The lowest BCUT2D eigenvalue weighted by molar-refractivity contribution is -0.384. The van der Waals surface area contributed by atoms with E-state index in [4.69, 9.17) is 11.6 Å². The molecule has 0 bridgehead atoms. The van der Waals surface area contributed by atoms with Gasteiger partial charge in [-0.1, -0.05) is 38.3 Å². The van der Waals surface area contributed by atoms with Crippen molar-refractivity contribution in [3.63, 3.8) is 0 Å². The molecule has 0 amide bonds. The molecule has 2 atom stereocenters. The van der Waals surface area contributed by atoms with Crippen LogP contribution in [-0.4, -0.2) is 15.9 Å². The maximum Gasteiger partial charge on any atom is 0.276 e. The normalized spacial score (nSPS) is 22.8.